The van der Waals surface area contributed by atoms with Crippen molar-refractivity contribution in [3.63, 3.8) is 0 Å². The van der Waals surface area contributed by atoms with Gasteiger partial charge in [-0.2, -0.15) is 0 Å². The number of hydrogen-bond acceptors (Lipinski definition) is 3. The maximum atomic E-state index is 13.0. The summed E-state index contributed by atoms with van der Waals surface area (Å²) in [5, 5.41) is 23.0. The molecule has 0 bridgehead atoms. The highest BCUT2D eigenvalue weighted by Gasteiger charge is 2.21. The summed E-state index contributed by atoms with van der Waals surface area (Å²) in [6, 6.07) is 5.92. The lowest BCUT2D eigenvalue weighted by Gasteiger charge is -2.26. The molecule has 18 heavy (non-hydrogen) atoms. The summed E-state index contributed by atoms with van der Waals surface area (Å²) in [6.45, 7) is 4.57. The van der Waals surface area contributed by atoms with Crippen LogP contribution in [0.5, 0.6) is 0 Å². The van der Waals surface area contributed by atoms with Crippen LogP contribution >= 0.6 is 0 Å². The zero-order valence-electron chi connectivity index (χ0n) is 11.0. The minimum atomic E-state index is -0.765. The van der Waals surface area contributed by atoms with Gasteiger partial charge in [0.15, 0.2) is 0 Å². The van der Waals surface area contributed by atoms with Gasteiger partial charge in [0, 0.05) is 13.1 Å². The third-order valence-electron chi connectivity index (χ3n) is 3.34. The molecule has 0 aromatic heterocycles. The van der Waals surface area contributed by atoms with E-state index in [0.29, 0.717) is 31.5 Å². The molecule has 0 radical (unpaired) electrons. The molecule has 102 valence electrons. The Balaban J connectivity index is 2.44. The van der Waals surface area contributed by atoms with Gasteiger partial charge in [0.1, 0.15) is 5.82 Å². The van der Waals surface area contributed by atoms with Gasteiger partial charge < -0.3 is 15.5 Å². The van der Waals surface area contributed by atoms with Gasteiger partial charge in [-0.25, -0.2) is 4.39 Å². The van der Waals surface area contributed by atoms with Crippen LogP contribution in [0, 0.1) is 5.82 Å². The van der Waals surface area contributed by atoms with E-state index < -0.39 is 11.7 Å². The van der Waals surface area contributed by atoms with Gasteiger partial charge in [-0.05, 0) is 30.5 Å². The minimum absolute atomic E-state index is 0.297. The van der Waals surface area contributed by atoms with Crippen molar-refractivity contribution in [2.45, 2.75) is 38.4 Å². The van der Waals surface area contributed by atoms with Crippen LogP contribution < -0.4 is 5.32 Å². The fourth-order valence-electron chi connectivity index (χ4n) is 1.77. The topological polar surface area (TPSA) is 52.5 Å². The van der Waals surface area contributed by atoms with Gasteiger partial charge in [0.05, 0.1) is 11.7 Å². The molecular formula is C14H22FNO2. The Hall–Kier alpha value is -0.970. The van der Waals surface area contributed by atoms with Crippen molar-refractivity contribution < 1.29 is 14.6 Å². The van der Waals surface area contributed by atoms with Gasteiger partial charge in [0.25, 0.3) is 0 Å². The highest BCUT2D eigenvalue weighted by molar-refractivity contribution is 5.18. The molecule has 3 nitrogen and oxygen atoms in total. The first kappa shape index (κ1) is 15.1. The molecular weight excluding hydrogens is 233 g/mol. The molecule has 0 spiro atoms. The number of benzene rings is 1. The predicted octanol–water partition coefficient (Wildman–Crippen LogP) is 2.00. The van der Waals surface area contributed by atoms with Gasteiger partial charge in [0.2, 0.25) is 0 Å². The molecule has 0 aliphatic rings. The molecule has 0 aliphatic carbocycles. The van der Waals surface area contributed by atoms with Crippen molar-refractivity contribution in [3.05, 3.63) is 35.6 Å². The first-order chi connectivity index (χ1) is 8.50. The van der Waals surface area contributed by atoms with Crippen LogP contribution in [0.2, 0.25) is 0 Å². The monoisotopic (exact) mass is 255 g/mol. The van der Waals surface area contributed by atoms with Crippen LogP contribution in [-0.2, 0) is 0 Å². The van der Waals surface area contributed by atoms with Crippen LogP contribution in [0.25, 0.3) is 0 Å². The summed E-state index contributed by atoms with van der Waals surface area (Å²) >= 11 is 0. The zero-order valence-corrected chi connectivity index (χ0v) is 11.0. The van der Waals surface area contributed by atoms with Gasteiger partial charge in [-0.3, -0.25) is 0 Å². The second kappa shape index (κ2) is 6.83. The Labute approximate surface area is 108 Å². The number of hydrogen-bond donors (Lipinski definition) is 3. The normalized spacial score (nSPS) is 13.6. The lowest BCUT2D eigenvalue weighted by atomic mass is 9.97. The molecule has 0 heterocycles. The summed E-state index contributed by atoms with van der Waals surface area (Å²) in [7, 11) is 0. The van der Waals surface area contributed by atoms with Gasteiger partial charge in [-0.15, -0.1) is 0 Å². The van der Waals surface area contributed by atoms with E-state index in [1.165, 1.54) is 12.1 Å². The van der Waals surface area contributed by atoms with Crippen molar-refractivity contribution in [1.82, 2.24) is 5.32 Å². The summed E-state index contributed by atoms with van der Waals surface area (Å²) in [4.78, 5) is 0. The standard InChI is InChI=1S/C14H22FNO2/c1-3-14(18,4-2)10-16-9-13(17)11-6-5-7-12(15)8-11/h5-8,13,16-18H,3-4,9-10H2,1-2H3. The lowest BCUT2D eigenvalue weighted by molar-refractivity contribution is 0.0293. The molecule has 1 rings (SSSR count). The molecule has 0 amide bonds. The molecule has 1 unspecified atom stereocenters. The minimum Gasteiger partial charge on any atom is -0.389 e. The fraction of sp³-hybridized carbons (Fsp3) is 0.571. The van der Waals surface area contributed by atoms with Crippen LogP contribution in [-0.4, -0.2) is 28.9 Å². The Morgan fingerprint density at radius 2 is 2.00 bits per heavy atom. The van der Waals surface area contributed by atoms with E-state index in [2.05, 4.69) is 5.32 Å². The number of aliphatic hydroxyl groups is 2. The highest BCUT2D eigenvalue weighted by Crippen LogP contribution is 2.15. The molecule has 4 heteroatoms. The fourth-order valence-corrected chi connectivity index (χ4v) is 1.77. The van der Waals surface area contributed by atoms with E-state index >= 15 is 0 Å². The molecule has 0 saturated heterocycles. The third kappa shape index (κ3) is 4.37. The van der Waals surface area contributed by atoms with E-state index in [1.54, 1.807) is 12.1 Å². The quantitative estimate of drug-likeness (QED) is 0.698. The van der Waals surface area contributed by atoms with Crippen molar-refractivity contribution in [3.8, 4) is 0 Å². The zero-order chi connectivity index (χ0) is 13.6. The molecule has 0 saturated carbocycles. The Kier molecular flexibility index (Phi) is 5.72. The molecule has 1 aromatic carbocycles. The molecule has 1 aromatic rings. The third-order valence-corrected chi connectivity index (χ3v) is 3.34. The Morgan fingerprint density at radius 3 is 2.56 bits per heavy atom. The van der Waals surface area contributed by atoms with Gasteiger partial charge >= 0.3 is 0 Å². The van der Waals surface area contributed by atoms with Crippen molar-refractivity contribution >= 4 is 0 Å². The van der Waals surface area contributed by atoms with Crippen LogP contribution in [0.4, 0.5) is 4.39 Å². The van der Waals surface area contributed by atoms with Crippen molar-refractivity contribution in [1.29, 1.82) is 0 Å². The number of halogens is 1. The number of rotatable bonds is 7. The van der Waals surface area contributed by atoms with Crippen LogP contribution in [0.3, 0.4) is 0 Å². The molecule has 3 N–H and O–H groups in total. The maximum absolute atomic E-state index is 13.0. The second-order valence-electron chi connectivity index (χ2n) is 4.63. The molecule has 0 fully saturated rings. The largest absolute Gasteiger partial charge is 0.389 e. The smallest absolute Gasteiger partial charge is 0.123 e. The lowest BCUT2D eigenvalue weighted by Crippen LogP contribution is -2.40. The maximum Gasteiger partial charge on any atom is 0.123 e. The summed E-state index contributed by atoms with van der Waals surface area (Å²) in [6.07, 6.45) is 0.553. The second-order valence-corrected chi connectivity index (χ2v) is 4.63. The Bertz CT molecular complexity index is 367. The van der Waals surface area contributed by atoms with Crippen molar-refractivity contribution in [2.75, 3.05) is 13.1 Å². The summed E-state index contributed by atoms with van der Waals surface area (Å²) in [5.74, 6) is -0.356. The SMILES string of the molecule is CCC(O)(CC)CNCC(O)c1cccc(F)c1. The van der Waals surface area contributed by atoms with Crippen LogP contribution in [0.15, 0.2) is 24.3 Å². The van der Waals surface area contributed by atoms with E-state index in [-0.39, 0.29) is 5.82 Å². The van der Waals surface area contributed by atoms with Crippen LogP contribution in [0.1, 0.15) is 38.4 Å². The average Bonchev–Trinajstić information content (AvgIpc) is 2.38. The van der Waals surface area contributed by atoms with E-state index in [0.717, 1.165) is 0 Å². The number of nitrogens with one attached hydrogen (secondary N) is 1. The first-order valence-electron chi connectivity index (χ1n) is 6.37. The first-order valence-corrected chi connectivity index (χ1v) is 6.37. The van der Waals surface area contributed by atoms with Gasteiger partial charge in [-0.1, -0.05) is 26.0 Å². The van der Waals surface area contributed by atoms with E-state index in [9.17, 15) is 14.6 Å². The average molecular weight is 255 g/mol. The summed E-state index contributed by atoms with van der Waals surface area (Å²) in [5.41, 5.74) is -0.194. The Morgan fingerprint density at radius 1 is 1.33 bits per heavy atom. The van der Waals surface area contributed by atoms with E-state index in [1.807, 2.05) is 13.8 Å². The highest BCUT2D eigenvalue weighted by atomic mass is 19.1. The molecule has 0 aliphatic heterocycles. The van der Waals surface area contributed by atoms with Crippen molar-refractivity contribution in [2.24, 2.45) is 0 Å². The van der Waals surface area contributed by atoms with E-state index in [4.69, 9.17) is 0 Å². The number of aliphatic hydroxyl groups excluding tert-OH is 1. The predicted molar refractivity (Wildman–Crippen MR) is 69.8 cm³/mol. The summed E-state index contributed by atoms with van der Waals surface area (Å²) < 4.78 is 13.0. The molecule has 1 atom stereocenters.